The van der Waals surface area contributed by atoms with Crippen LogP contribution in [0.25, 0.3) is 0 Å². The van der Waals surface area contributed by atoms with E-state index in [0.29, 0.717) is 6.04 Å². The first kappa shape index (κ1) is 16.2. The molecule has 3 heteroatoms. The van der Waals surface area contributed by atoms with Crippen LogP contribution >= 0.6 is 0 Å². The van der Waals surface area contributed by atoms with Gasteiger partial charge in [-0.1, -0.05) is 20.3 Å². The lowest BCUT2D eigenvalue weighted by atomic mass is 9.78. The second-order valence-corrected chi connectivity index (χ2v) is 6.73. The summed E-state index contributed by atoms with van der Waals surface area (Å²) >= 11 is 0. The molecule has 1 saturated carbocycles. The van der Waals surface area contributed by atoms with Gasteiger partial charge in [0.05, 0.1) is 0 Å². The number of likely N-dealkylation sites (N-methyl/N-ethyl adjacent to an activating group) is 1. The molecule has 1 aliphatic carbocycles. The number of rotatable bonds is 6. The van der Waals surface area contributed by atoms with Crippen LogP contribution in [0, 0.1) is 11.8 Å². The molecule has 0 amide bonds. The molecular weight excluding hydrogens is 260 g/mol. The molecule has 1 fully saturated rings. The van der Waals surface area contributed by atoms with E-state index in [1.807, 2.05) is 0 Å². The first-order valence-electron chi connectivity index (χ1n) is 8.20. The fourth-order valence-electron chi connectivity index (χ4n) is 3.15. The maximum absolute atomic E-state index is 5.73. The van der Waals surface area contributed by atoms with E-state index in [9.17, 15) is 0 Å². The third kappa shape index (κ3) is 4.92. The lowest BCUT2D eigenvalue weighted by Gasteiger charge is -2.35. The van der Waals surface area contributed by atoms with Crippen LogP contribution < -0.4 is 10.1 Å². The third-order valence-electron chi connectivity index (χ3n) is 4.54. The number of benzene rings is 1. The molecule has 3 nitrogen and oxygen atoms in total. The van der Waals surface area contributed by atoms with Gasteiger partial charge in [-0.15, -0.1) is 0 Å². The second kappa shape index (κ2) is 7.69. The highest BCUT2D eigenvalue weighted by atomic mass is 16.5. The number of hydrogen-bond donors (Lipinski definition) is 1. The van der Waals surface area contributed by atoms with Crippen molar-refractivity contribution in [2.45, 2.75) is 39.2 Å². The summed E-state index contributed by atoms with van der Waals surface area (Å²) in [4.78, 5) is 2.13. The molecular formula is C18H30N2O. The molecule has 2 unspecified atom stereocenters. The Morgan fingerprint density at radius 3 is 2.29 bits per heavy atom. The van der Waals surface area contributed by atoms with E-state index in [1.165, 1.54) is 24.9 Å². The van der Waals surface area contributed by atoms with Crippen LogP contribution in [-0.4, -0.2) is 38.2 Å². The molecule has 0 bridgehead atoms. The van der Waals surface area contributed by atoms with Crippen LogP contribution in [0.15, 0.2) is 24.3 Å². The Morgan fingerprint density at radius 1 is 1.10 bits per heavy atom. The average molecular weight is 290 g/mol. The van der Waals surface area contributed by atoms with Crippen molar-refractivity contribution in [3.8, 4) is 5.75 Å². The lowest BCUT2D eigenvalue weighted by molar-refractivity contribution is 0.261. The quantitative estimate of drug-likeness (QED) is 0.861. The Hall–Kier alpha value is -1.22. The standard InChI is InChI=1S/C18H30N2O/c1-14-6-5-7-15(2)18(14)19-16-8-10-17(11-9-16)21-13-12-20(3)4/h8-11,14-15,18-19H,5-7,12-13H2,1-4H3. The molecule has 2 rings (SSSR count). The van der Waals surface area contributed by atoms with Crippen molar-refractivity contribution in [1.29, 1.82) is 0 Å². The second-order valence-electron chi connectivity index (χ2n) is 6.73. The average Bonchev–Trinajstić information content (AvgIpc) is 2.44. The van der Waals surface area contributed by atoms with Crippen molar-refractivity contribution >= 4 is 5.69 Å². The Bertz CT molecular complexity index is 406. The minimum atomic E-state index is 0.597. The van der Waals surface area contributed by atoms with E-state index in [0.717, 1.165) is 30.7 Å². The molecule has 0 aromatic heterocycles. The van der Waals surface area contributed by atoms with Gasteiger partial charge in [-0.2, -0.15) is 0 Å². The summed E-state index contributed by atoms with van der Waals surface area (Å²) in [7, 11) is 4.12. The number of nitrogens with zero attached hydrogens (tertiary/aromatic N) is 1. The highest BCUT2D eigenvalue weighted by Gasteiger charge is 2.27. The van der Waals surface area contributed by atoms with Gasteiger partial charge in [-0.05, 0) is 63.0 Å². The molecule has 1 N–H and O–H groups in total. The molecule has 1 aliphatic rings. The van der Waals surface area contributed by atoms with Gasteiger partial charge in [0.1, 0.15) is 12.4 Å². The zero-order valence-electron chi connectivity index (χ0n) is 13.9. The van der Waals surface area contributed by atoms with Gasteiger partial charge in [0.25, 0.3) is 0 Å². The van der Waals surface area contributed by atoms with Crippen LogP contribution in [0.2, 0.25) is 0 Å². The van der Waals surface area contributed by atoms with Gasteiger partial charge in [-0.25, -0.2) is 0 Å². The van der Waals surface area contributed by atoms with E-state index < -0.39 is 0 Å². The third-order valence-corrected chi connectivity index (χ3v) is 4.54. The molecule has 0 radical (unpaired) electrons. The number of nitrogens with one attached hydrogen (secondary N) is 1. The normalized spacial score (nSPS) is 25.9. The molecule has 0 heterocycles. The summed E-state index contributed by atoms with van der Waals surface area (Å²) in [6.07, 6.45) is 4.06. The largest absolute Gasteiger partial charge is 0.492 e. The summed E-state index contributed by atoms with van der Waals surface area (Å²) in [5.74, 6) is 2.46. The van der Waals surface area contributed by atoms with Crippen LogP contribution in [0.3, 0.4) is 0 Å². The van der Waals surface area contributed by atoms with Crippen LogP contribution in [0.4, 0.5) is 5.69 Å². The molecule has 1 aromatic carbocycles. The molecule has 1 aromatic rings. The SMILES string of the molecule is CC1CCCC(C)C1Nc1ccc(OCCN(C)C)cc1. The van der Waals surface area contributed by atoms with Crippen LogP contribution in [-0.2, 0) is 0 Å². The summed E-state index contributed by atoms with van der Waals surface area (Å²) in [5.41, 5.74) is 1.21. The van der Waals surface area contributed by atoms with Crippen molar-refractivity contribution in [2.24, 2.45) is 11.8 Å². The summed E-state index contributed by atoms with van der Waals surface area (Å²) in [5, 5.41) is 3.72. The topological polar surface area (TPSA) is 24.5 Å². The first-order valence-corrected chi connectivity index (χ1v) is 8.20. The van der Waals surface area contributed by atoms with Crippen molar-refractivity contribution in [3.63, 3.8) is 0 Å². The lowest BCUT2D eigenvalue weighted by Crippen LogP contribution is -2.36. The Labute approximate surface area is 129 Å². The summed E-state index contributed by atoms with van der Waals surface area (Å²) < 4.78 is 5.73. The Kier molecular flexibility index (Phi) is 5.92. The number of hydrogen-bond acceptors (Lipinski definition) is 3. The molecule has 0 spiro atoms. The van der Waals surface area contributed by atoms with Crippen molar-refractivity contribution in [1.82, 2.24) is 4.90 Å². The van der Waals surface area contributed by atoms with Gasteiger partial charge in [0.2, 0.25) is 0 Å². The maximum Gasteiger partial charge on any atom is 0.119 e. The molecule has 0 saturated heterocycles. The van der Waals surface area contributed by atoms with Crippen molar-refractivity contribution in [3.05, 3.63) is 24.3 Å². The Morgan fingerprint density at radius 2 is 1.71 bits per heavy atom. The minimum absolute atomic E-state index is 0.597. The van der Waals surface area contributed by atoms with Gasteiger partial charge in [0.15, 0.2) is 0 Å². The van der Waals surface area contributed by atoms with Gasteiger partial charge in [-0.3, -0.25) is 0 Å². The minimum Gasteiger partial charge on any atom is -0.492 e. The number of anilines is 1. The maximum atomic E-state index is 5.73. The van der Waals surface area contributed by atoms with Crippen LogP contribution in [0.5, 0.6) is 5.75 Å². The van der Waals surface area contributed by atoms with Crippen LogP contribution in [0.1, 0.15) is 33.1 Å². The smallest absolute Gasteiger partial charge is 0.119 e. The summed E-state index contributed by atoms with van der Waals surface area (Å²) in [6.45, 7) is 6.41. The van der Waals surface area contributed by atoms with Gasteiger partial charge in [0, 0.05) is 18.3 Å². The predicted octanol–water partition coefficient (Wildman–Crippen LogP) is 3.86. The fourth-order valence-corrected chi connectivity index (χ4v) is 3.15. The van der Waals surface area contributed by atoms with E-state index in [-0.39, 0.29) is 0 Å². The van der Waals surface area contributed by atoms with E-state index >= 15 is 0 Å². The van der Waals surface area contributed by atoms with Gasteiger partial charge >= 0.3 is 0 Å². The molecule has 118 valence electrons. The number of ether oxygens (including phenoxy) is 1. The van der Waals surface area contributed by atoms with Crippen molar-refractivity contribution < 1.29 is 4.74 Å². The van der Waals surface area contributed by atoms with E-state index in [4.69, 9.17) is 4.74 Å². The summed E-state index contributed by atoms with van der Waals surface area (Å²) in [6, 6.07) is 9.00. The Balaban J connectivity index is 1.86. The van der Waals surface area contributed by atoms with Crippen molar-refractivity contribution in [2.75, 3.05) is 32.6 Å². The molecule has 2 atom stereocenters. The molecule has 0 aliphatic heterocycles. The highest BCUT2D eigenvalue weighted by molar-refractivity contribution is 5.47. The first-order chi connectivity index (χ1) is 10.1. The molecule has 21 heavy (non-hydrogen) atoms. The monoisotopic (exact) mass is 290 g/mol. The highest BCUT2D eigenvalue weighted by Crippen LogP contribution is 2.31. The predicted molar refractivity (Wildman–Crippen MR) is 90.1 cm³/mol. The van der Waals surface area contributed by atoms with E-state index in [2.05, 4.69) is 62.4 Å². The zero-order valence-corrected chi connectivity index (χ0v) is 13.9. The fraction of sp³-hybridized carbons (Fsp3) is 0.667. The zero-order chi connectivity index (χ0) is 15.2. The van der Waals surface area contributed by atoms with E-state index in [1.54, 1.807) is 0 Å². The van der Waals surface area contributed by atoms with Gasteiger partial charge < -0.3 is 15.0 Å².